The van der Waals surface area contributed by atoms with Crippen molar-refractivity contribution in [1.29, 1.82) is 0 Å². The molecule has 4 N–H and O–H groups in total. The van der Waals surface area contributed by atoms with E-state index >= 15 is 0 Å². The minimum atomic E-state index is -4.07. The zero-order chi connectivity index (χ0) is 27.2. The number of likely N-dealkylation sites (tertiary alicyclic amines) is 1. The molecule has 37 heavy (non-hydrogen) atoms. The van der Waals surface area contributed by atoms with Crippen LogP contribution in [0.25, 0.3) is 0 Å². The molecule has 1 fully saturated rings. The number of hydrogen-bond donors (Lipinski definition) is 4. The molecule has 200 valence electrons. The number of furan rings is 1. The van der Waals surface area contributed by atoms with E-state index in [0.717, 1.165) is 0 Å². The monoisotopic (exact) mass is 531 g/mol. The second-order valence-corrected chi connectivity index (χ2v) is 12.2. The van der Waals surface area contributed by atoms with Gasteiger partial charge in [-0.2, -0.15) is 8.42 Å². The van der Waals surface area contributed by atoms with Crippen molar-refractivity contribution in [1.82, 2.24) is 9.62 Å². The first-order valence-corrected chi connectivity index (χ1v) is 13.5. The lowest BCUT2D eigenvalue weighted by atomic mass is 9.85. The first-order valence-electron chi connectivity index (χ1n) is 12.0. The van der Waals surface area contributed by atoms with Gasteiger partial charge in [-0.05, 0) is 56.4 Å². The molecule has 0 aliphatic carbocycles. The van der Waals surface area contributed by atoms with Gasteiger partial charge in [0.1, 0.15) is 17.6 Å². The third kappa shape index (κ3) is 5.96. The molecule has 1 amide bonds. The van der Waals surface area contributed by atoms with Gasteiger partial charge in [-0.25, -0.2) is 4.72 Å². The number of hydrogen-bond acceptors (Lipinski definition) is 8. The molecule has 0 radical (unpaired) electrons. The summed E-state index contributed by atoms with van der Waals surface area (Å²) in [6.45, 7) is 9.94. The van der Waals surface area contributed by atoms with E-state index in [1.165, 1.54) is 17.0 Å². The number of aliphatic imine (C=N–C) groups is 1. The number of nitrogens with zero attached hydrogens (tertiary/aromatic N) is 3. The predicted octanol–water partition coefficient (Wildman–Crippen LogP) is 3.12. The van der Waals surface area contributed by atoms with Crippen LogP contribution in [-0.2, 0) is 10.2 Å². The normalized spacial score (nSPS) is 23.5. The van der Waals surface area contributed by atoms with Crippen LogP contribution in [0, 0.1) is 12.3 Å². The molecular formula is C25H33N5O6S. The number of nitrogens with one attached hydrogen (secondary N) is 2. The van der Waals surface area contributed by atoms with Gasteiger partial charge in [-0.15, -0.1) is 4.40 Å². The SMILES string of the molecule is Cc1ccc([C@H](N=C2NS(=O)(=O)N=C2Nc2cccc(C(=O)N3CCCC(C)(O)C3)c2O)C(C)(C)C)o1. The third-order valence-corrected chi connectivity index (χ3v) is 7.13. The molecule has 0 bridgehead atoms. The van der Waals surface area contributed by atoms with Gasteiger partial charge < -0.3 is 24.8 Å². The van der Waals surface area contributed by atoms with Crippen LogP contribution in [-0.4, -0.2) is 59.8 Å². The highest BCUT2D eigenvalue weighted by atomic mass is 32.2. The van der Waals surface area contributed by atoms with Crippen molar-refractivity contribution in [3.63, 3.8) is 0 Å². The highest BCUT2D eigenvalue weighted by molar-refractivity contribution is 7.89. The van der Waals surface area contributed by atoms with Crippen LogP contribution in [0.5, 0.6) is 5.75 Å². The molecule has 12 heteroatoms. The maximum absolute atomic E-state index is 13.1. The van der Waals surface area contributed by atoms with E-state index < -0.39 is 33.2 Å². The summed E-state index contributed by atoms with van der Waals surface area (Å²) in [6.07, 6.45) is 1.22. The third-order valence-electron chi connectivity index (χ3n) is 6.25. The number of aromatic hydroxyl groups is 1. The number of phenolic OH excluding ortho intramolecular Hbond substituents is 1. The molecule has 2 aromatic rings. The van der Waals surface area contributed by atoms with Crippen molar-refractivity contribution in [3.05, 3.63) is 47.4 Å². The second kappa shape index (κ2) is 9.49. The molecule has 4 rings (SSSR count). The predicted molar refractivity (Wildman–Crippen MR) is 140 cm³/mol. The minimum Gasteiger partial charge on any atom is -0.505 e. The molecule has 1 saturated heterocycles. The summed E-state index contributed by atoms with van der Waals surface area (Å²) < 4.78 is 36.5. The minimum absolute atomic E-state index is 0.0224. The van der Waals surface area contributed by atoms with Gasteiger partial charge in [-0.1, -0.05) is 26.8 Å². The van der Waals surface area contributed by atoms with Crippen LogP contribution in [0.4, 0.5) is 5.69 Å². The maximum Gasteiger partial charge on any atom is 0.345 e. The molecule has 1 unspecified atom stereocenters. The summed E-state index contributed by atoms with van der Waals surface area (Å²) in [5.74, 6) is 0.296. The summed E-state index contributed by atoms with van der Waals surface area (Å²) in [7, 11) is -4.07. The summed E-state index contributed by atoms with van der Waals surface area (Å²) >= 11 is 0. The summed E-state index contributed by atoms with van der Waals surface area (Å²) in [4.78, 5) is 19.3. The average molecular weight is 532 g/mol. The quantitative estimate of drug-likeness (QED) is 0.442. The van der Waals surface area contributed by atoms with Crippen molar-refractivity contribution in [3.8, 4) is 5.75 Å². The van der Waals surface area contributed by atoms with Crippen LogP contribution in [0.1, 0.15) is 68.5 Å². The highest BCUT2D eigenvalue weighted by Crippen LogP contribution is 2.38. The number of amides is 1. The number of rotatable bonds is 4. The Kier molecular flexibility index (Phi) is 6.84. The molecule has 1 aromatic heterocycles. The maximum atomic E-state index is 13.1. The second-order valence-electron chi connectivity index (χ2n) is 10.9. The number of aliphatic hydroxyl groups is 1. The number of phenols is 1. The highest BCUT2D eigenvalue weighted by Gasteiger charge is 2.35. The Hall–Kier alpha value is -3.38. The van der Waals surface area contributed by atoms with Gasteiger partial charge in [0.2, 0.25) is 0 Å². The molecular weight excluding hydrogens is 498 g/mol. The van der Waals surface area contributed by atoms with Crippen molar-refractivity contribution in [2.45, 2.75) is 59.1 Å². The molecule has 2 aliphatic heterocycles. The smallest absolute Gasteiger partial charge is 0.345 e. The number of aryl methyl sites for hydroxylation is 1. The van der Waals surface area contributed by atoms with E-state index in [-0.39, 0.29) is 35.2 Å². The van der Waals surface area contributed by atoms with Crippen LogP contribution >= 0.6 is 0 Å². The van der Waals surface area contributed by atoms with Crippen molar-refractivity contribution < 1.29 is 27.8 Å². The number of amidine groups is 2. The van der Waals surface area contributed by atoms with Crippen molar-refractivity contribution >= 4 is 33.5 Å². The van der Waals surface area contributed by atoms with E-state index in [4.69, 9.17) is 4.42 Å². The molecule has 0 saturated carbocycles. The van der Waals surface area contributed by atoms with Crippen LogP contribution in [0.15, 0.2) is 44.1 Å². The van der Waals surface area contributed by atoms with Gasteiger partial charge in [0.25, 0.3) is 5.91 Å². The van der Waals surface area contributed by atoms with Crippen molar-refractivity contribution in [2.24, 2.45) is 14.8 Å². The molecule has 3 heterocycles. The average Bonchev–Trinajstić information content (AvgIpc) is 3.33. The van der Waals surface area contributed by atoms with Gasteiger partial charge >= 0.3 is 10.2 Å². The molecule has 11 nitrogen and oxygen atoms in total. The van der Waals surface area contributed by atoms with Gasteiger partial charge in [0, 0.05) is 13.1 Å². The number of anilines is 1. The van der Waals surface area contributed by atoms with E-state index in [1.807, 2.05) is 33.8 Å². The summed E-state index contributed by atoms with van der Waals surface area (Å²) in [6, 6.07) is 7.60. The fourth-order valence-electron chi connectivity index (χ4n) is 4.45. The fraction of sp³-hybridized carbons (Fsp3) is 0.480. The Labute approximate surface area is 216 Å². The Morgan fingerprint density at radius 2 is 2.03 bits per heavy atom. The fourth-order valence-corrected chi connectivity index (χ4v) is 5.26. The number of carbonyl (C=O) groups is 1. The Morgan fingerprint density at radius 3 is 2.65 bits per heavy atom. The van der Waals surface area contributed by atoms with E-state index in [1.54, 1.807) is 19.1 Å². The number of piperidine rings is 1. The largest absolute Gasteiger partial charge is 0.505 e. The van der Waals surface area contributed by atoms with E-state index in [9.17, 15) is 23.4 Å². The lowest BCUT2D eigenvalue weighted by Crippen LogP contribution is -2.48. The van der Waals surface area contributed by atoms with Gasteiger partial charge in [0.15, 0.2) is 17.4 Å². The van der Waals surface area contributed by atoms with Crippen LogP contribution in [0.2, 0.25) is 0 Å². The molecule has 1 aromatic carbocycles. The standard InChI is InChI=1S/C25H33N5O6S/c1-15-10-11-18(36-15)20(24(2,3)4)27-22-21(28-37(34,35)29-22)26-17-9-6-8-16(19(17)31)23(32)30-13-7-12-25(5,33)14-30/h6,8-11,20,31,33H,7,12-14H2,1-5H3,(H,26,28)(H,27,29)/t20-,25?/m0/s1. The van der Waals surface area contributed by atoms with E-state index in [0.29, 0.717) is 30.9 Å². The number of benzene rings is 1. The summed E-state index contributed by atoms with van der Waals surface area (Å²) in [5.41, 5.74) is -1.32. The number of β-amino-alcohol motifs (C(OH)–C–C–N with tert-alkyl or cyclic N) is 1. The lowest BCUT2D eigenvalue weighted by molar-refractivity contribution is -0.0108. The Morgan fingerprint density at radius 1 is 1.30 bits per heavy atom. The lowest BCUT2D eigenvalue weighted by Gasteiger charge is -2.37. The van der Waals surface area contributed by atoms with Crippen LogP contribution in [0.3, 0.4) is 0 Å². The number of para-hydroxylation sites is 1. The Balaban J connectivity index is 1.66. The van der Waals surface area contributed by atoms with Crippen molar-refractivity contribution in [2.75, 3.05) is 18.4 Å². The van der Waals surface area contributed by atoms with E-state index in [2.05, 4.69) is 19.4 Å². The summed E-state index contributed by atoms with van der Waals surface area (Å²) in [5, 5.41) is 24.1. The zero-order valence-electron chi connectivity index (χ0n) is 21.6. The van der Waals surface area contributed by atoms with Crippen LogP contribution < -0.4 is 10.0 Å². The van der Waals surface area contributed by atoms with Gasteiger partial charge in [-0.3, -0.25) is 9.79 Å². The first-order chi connectivity index (χ1) is 17.2. The molecule has 2 aliphatic rings. The first kappa shape index (κ1) is 26.7. The zero-order valence-corrected chi connectivity index (χ0v) is 22.4. The Bertz CT molecular complexity index is 1370. The van der Waals surface area contributed by atoms with Gasteiger partial charge in [0.05, 0.1) is 16.9 Å². The topological polar surface area (TPSA) is 157 Å². The number of carbonyl (C=O) groups excluding carboxylic acids is 1. The molecule has 0 spiro atoms. The molecule has 2 atom stereocenters.